The SMILES string of the molecule is Cn1c(-c2ncc(-c3ccc4cnccc4c3)s2)c(C(N)=O)ccc1=O. The minimum atomic E-state index is -0.592. The molecule has 3 aromatic heterocycles. The molecular formula is C19H14N4O2S. The summed E-state index contributed by atoms with van der Waals surface area (Å²) in [7, 11) is 1.61. The molecule has 4 rings (SSSR count). The lowest BCUT2D eigenvalue weighted by molar-refractivity contribution is 0.100. The first kappa shape index (κ1) is 16.2. The third-order valence-corrected chi connectivity index (χ3v) is 5.27. The molecule has 0 saturated carbocycles. The van der Waals surface area contributed by atoms with E-state index >= 15 is 0 Å². The van der Waals surface area contributed by atoms with E-state index in [9.17, 15) is 9.59 Å². The average molecular weight is 362 g/mol. The number of nitrogens with two attached hydrogens (primary N) is 1. The Hall–Kier alpha value is -3.32. The first-order valence-electron chi connectivity index (χ1n) is 7.85. The molecule has 0 radical (unpaired) electrons. The summed E-state index contributed by atoms with van der Waals surface area (Å²) in [5.41, 5.74) is 6.97. The van der Waals surface area contributed by atoms with Gasteiger partial charge in [0, 0.05) is 37.1 Å². The van der Waals surface area contributed by atoms with Crippen LogP contribution in [0.25, 0.3) is 31.9 Å². The number of carbonyl (C=O) groups is 1. The number of fused-ring (bicyclic) bond motifs is 1. The highest BCUT2D eigenvalue weighted by molar-refractivity contribution is 7.18. The van der Waals surface area contributed by atoms with E-state index in [1.165, 1.54) is 28.0 Å². The minimum absolute atomic E-state index is 0.222. The van der Waals surface area contributed by atoms with Crippen molar-refractivity contribution in [2.45, 2.75) is 0 Å². The summed E-state index contributed by atoms with van der Waals surface area (Å²) in [6.45, 7) is 0. The van der Waals surface area contributed by atoms with Crippen molar-refractivity contribution in [2.75, 3.05) is 0 Å². The van der Waals surface area contributed by atoms with E-state index in [2.05, 4.69) is 16.0 Å². The van der Waals surface area contributed by atoms with Crippen molar-refractivity contribution in [3.63, 3.8) is 0 Å². The predicted octanol–water partition coefficient (Wildman–Crippen LogP) is 2.82. The fourth-order valence-corrected chi connectivity index (χ4v) is 3.85. The number of hydrogen-bond acceptors (Lipinski definition) is 5. The molecule has 0 aliphatic heterocycles. The second-order valence-corrected chi connectivity index (χ2v) is 6.86. The van der Waals surface area contributed by atoms with Crippen molar-refractivity contribution in [2.24, 2.45) is 12.8 Å². The predicted molar refractivity (Wildman–Crippen MR) is 102 cm³/mol. The Morgan fingerprint density at radius 3 is 2.77 bits per heavy atom. The van der Waals surface area contributed by atoms with Gasteiger partial charge in [-0.3, -0.25) is 14.6 Å². The Bertz CT molecular complexity index is 1210. The molecule has 1 amide bonds. The van der Waals surface area contributed by atoms with Crippen molar-refractivity contribution < 1.29 is 4.79 Å². The maximum Gasteiger partial charge on any atom is 0.250 e. The molecule has 0 atom stereocenters. The van der Waals surface area contributed by atoms with Gasteiger partial charge in [-0.15, -0.1) is 11.3 Å². The first-order chi connectivity index (χ1) is 12.5. The van der Waals surface area contributed by atoms with Crippen LogP contribution in [0.4, 0.5) is 0 Å². The fraction of sp³-hybridized carbons (Fsp3) is 0.0526. The Labute approximate surface area is 152 Å². The van der Waals surface area contributed by atoms with Crippen molar-refractivity contribution >= 4 is 28.0 Å². The third kappa shape index (κ3) is 2.68. The number of rotatable bonds is 3. The van der Waals surface area contributed by atoms with Gasteiger partial charge in [-0.1, -0.05) is 12.1 Å². The zero-order valence-electron chi connectivity index (χ0n) is 13.8. The number of hydrogen-bond donors (Lipinski definition) is 1. The molecule has 0 aliphatic rings. The van der Waals surface area contributed by atoms with E-state index < -0.39 is 5.91 Å². The van der Waals surface area contributed by atoms with Crippen molar-refractivity contribution in [3.8, 4) is 21.1 Å². The van der Waals surface area contributed by atoms with E-state index in [1.54, 1.807) is 19.4 Å². The van der Waals surface area contributed by atoms with Crippen LogP contribution in [0.3, 0.4) is 0 Å². The highest BCUT2D eigenvalue weighted by Gasteiger charge is 2.17. The quantitative estimate of drug-likeness (QED) is 0.607. The van der Waals surface area contributed by atoms with Gasteiger partial charge < -0.3 is 10.3 Å². The molecule has 128 valence electrons. The summed E-state index contributed by atoms with van der Waals surface area (Å²) in [5.74, 6) is -0.592. The van der Waals surface area contributed by atoms with E-state index in [0.29, 0.717) is 10.7 Å². The van der Waals surface area contributed by atoms with Gasteiger partial charge >= 0.3 is 0 Å². The van der Waals surface area contributed by atoms with Crippen LogP contribution in [0.5, 0.6) is 0 Å². The standard InChI is InChI=1S/C19H14N4O2S/c1-23-16(24)5-4-14(18(20)25)17(23)19-22-10-15(26-19)12-2-3-13-9-21-7-6-11(13)8-12/h2-10H,1H3,(H2,20,25). The van der Waals surface area contributed by atoms with Gasteiger partial charge in [-0.2, -0.15) is 0 Å². The zero-order chi connectivity index (χ0) is 18.3. The van der Waals surface area contributed by atoms with Gasteiger partial charge in [0.1, 0.15) is 5.01 Å². The third-order valence-electron chi connectivity index (χ3n) is 4.21. The molecule has 0 aliphatic carbocycles. The van der Waals surface area contributed by atoms with Gasteiger partial charge in [0.2, 0.25) is 0 Å². The smallest absolute Gasteiger partial charge is 0.250 e. The van der Waals surface area contributed by atoms with Crippen LogP contribution in [-0.2, 0) is 7.05 Å². The van der Waals surface area contributed by atoms with E-state index in [-0.39, 0.29) is 11.1 Å². The van der Waals surface area contributed by atoms with Gasteiger partial charge in [-0.25, -0.2) is 4.98 Å². The van der Waals surface area contributed by atoms with Crippen LogP contribution in [0.15, 0.2) is 59.8 Å². The first-order valence-corrected chi connectivity index (χ1v) is 8.66. The molecule has 0 saturated heterocycles. The maximum absolute atomic E-state index is 12.0. The maximum atomic E-state index is 12.0. The van der Waals surface area contributed by atoms with Gasteiger partial charge in [0.25, 0.3) is 11.5 Å². The molecule has 7 heteroatoms. The van der Waals surface area contributed by atoms with E-state index in [0.717, 1.165) is 21.2 Å². The van der Waals surface area contributed by atoms with Crippen molar-refractivity contribution in [1.82, 2.24) is 14.5 Å². The summed E-state index contributed by atoms with van der Waals surface area (Å²) < 4.78 is 1.40. The highest BCUT2D eigenvalue weighted by Crippen LogP contribution is 2.34. The van der Waals surface area contributed by atoms with Crippen LogP contribution in [0.2, 0.25) is 0 Å². The molecule has 3 heterocycles. The molecule has 4 aromatic rings. The van der Waals surface area contributed by atoms with Gasteiger partial charge in [0.05, 0.1) is 16.1 Å². The Morgan fingerprint density at radius 1 is 1.12 bits per heavy atom. The monoisotopic (exact) mass is 362 g/mol. The van der Waals surface area contributed by atoms with Gasteiger partial charge in [-0.05, 0) is 29.1 Å². The van der Waals surface area contributed by atoms with Crippen molar-refractivity contribution in [1.29, 1.82) is 0 Å². The lowest BCUT2D eigenvalue weighted by Crippen LogP contribution is -2.23. The van der Waals surface area contributed by atoms with Crippen LogP contribution < -0.4 is 11.3 Å². The number of thiazole rings is 1. The molecule has 2 N–H and O–H groups in total. The number of amides is 1. The van der Waals surface area contributed by atoms with Crippen LogP contribution >= 0.6 is 11.3 Å². The van der Waals surface area contributed by atoms with Crippen LogP contribution in [-0.4, -0.2) is 20.4 Å². The molecule has 0 spiro atoms. The number of nitrogens with zero attached hydrogens (tertiary/aromatic N) is 3. The normalized spacial score (nSPS) is 11.0. The Morgan fingerprint density at radius 2 is 1.96 bits per heavy atom. The average Bonchev–Trinajstić information content (AvgIpc) is 3.13. The minimum Gasteiger partial charge on any atom is -0.366 e. The molecule has 0 fully saturated rings. The molecule has 0 unspecified atom stereocenters. The molecule has 26 heavy (non-hydrogen) atoms. The number of primary amides is 1. The van der Waals surface area contributed by atoms with Gasteiger partial charge in [0.15, 0.2) is 0 Å². The second-order valence-electron chi connectivity index (χ2n) is 5.82. The molecular weight excluding hydrogens is 348 g/mol. The second kappa shape index (κ2) is 6.20. The van der Waals surface area contributed by atoms with Crippen LogP contribution in [0, 0.1) is 0 Å². The Kier molecular flexibility index (Phi) is 3.85. The number of carbonyl (C=O) groups excluding carboxylic acids is 1. The van der Waals surface area contributed by atoms with Crippen LogP contribution in [0.1, 0.15) is 10.4 Å². The molecule has 0 bridgehead atoms. The lowest BCUT2D eigenvalue weighted by atomic mass is 10.1. The fourth-order valence-electron chi connectivity index (χ4n) is 2.85. The lowest BCUT2D eigenvalue weighted by Gasteiger charge is -2.08. The summed E-state index contributed by atoms with van der Waals surface area (Å²) in [6, 6.07) is 10.8. The summed E-state index contributed by atoms with van der Waals surface area (Å²) in [5, 5.41) is 2.71. The molecule has 1 aromatic carbocycles. The largest absolute Gasteiger partial charge is 0.366 e. The van der Waals surface area contributed by atoms with E-state index in [1.807, 2.05) is 24.4 Å². The molecule has 6 nitrogen and oxygen atoms in total. The number of benzene rings is 1. The summed E-state index contributed by atoms with van der Waals surface area (Å²) in [6.07, 6.45) is 5.31. The summed E-state index contributed by atoms with van der Waals surface area (Å²) >= 11 is 1.41. The van der Waals surface area contributed by atoms with Crippen molar-refractivity contribution in [3.05, 3.63) is 70.9 Å². The van der Waals surface area contributed by atoms with E-state index in [4.69, 9.17) is 5.73 Å². The topological polar surface area (TPSA) is 90.9 Å². The highest BCUT2D eigenvalue weighted by atomic mass is 32.1. The zero-order valence-corrected chi connectivity index (χ0v) is 14.7. The Balaban J connectivity index is 1.85. The summed E-state index contributed by atoms with van der Waals surface area (Å²) in [4.78, 5) is 33.2. The number of aromatic nitrogens is 3. The number of pyridine rings is 2.